The highest BCUT2D eigenvalue weighted by Crippen LogP contribution is 2.36. The summed E-state index contributed by atoms with van der Waals surface area (Å²) in [6.45, 7) is 3.64. The highest BCUT2D eigenvalue weighted by atomic mass is 19.4. The smallest absolute Gasteiger partial charge is 0.367 e. The van der Waals surface area contributed by atoms with Crippen molar-refractivity contribution in [3.05, 3.63) is 65.2 Å². The van der Waals surface area contributed by atoms with Crippen molar-refractivity contribution in [2.45, 2.75) is 19.5 Å². The minimum Gasteiger partial charge on any atom is -0.367 e. The van der Waals surface area contributed by atoms with E-state index in [1.807, 2.05) is 31.2 Å². The molecule has 0 unspecified atom stereocenters. The number of halogens is 3. The summed E-state index contributed by atoms with van der Waals surface area (Å²) in [5.41, 5.74) is 1.65. The van der Waals surface area contributed by atoms with Gasteiger partial charge in [0.25, 0.3) is 0 Å². The number of hydrogen-bond acceptors (Lipinski definition) is 2. The van der Waals surface area contributed by atoms with E-state index in [1.165, 1.54) is 12.1 Å². The molecule has 1 aliphatic rings. The molecule has 1 aliphatic heterocycles. The zero-order chi connectivity index (χ0) is 18.7. The SMILES string of the molecule is Cc1ccc(CC(=O)N2CCN(c3ccccc3C(F)(F)F)CC2)cc1. The van der Waals surface area contributed by atoms with E-state index in [2.05, 4.69) is 0 Å². The van der Waals surface area contributed by atoms with E-state index in [1.54, 1.807) is 15.9 Å². The van der Waals surface area contributed by atoms with Crippen LogP contribution in [0.1, 0.15) is 16.7 Å². The summed E-state index contributed by atoms with van der Waals surface area (Å²) in [6.07, 6.45) is -4.06. The lowest BCUT2D eigenvalue weighted by molar-refractivity contribution is -0.137. The number of rotatable bonds is 3. The summed E-state index contributed by atoms with van der Waals surface area (Å²) in [5, 5.41) is 0. The Bertz CT molecular complexity index is 763. The van der Waals surface area contributed by atoms with Gasteiger partial charge in [-0.1, -0.05) is 42.0 Å². The summed E-state index contributed by atoms with van der Waals surface area (Å²) < 4.78 is 39.6. The van der Waals surface area contributed by atoms with Crippen molar-refractivity contribution in [3.8, 4) is 0 Å². The first-order valence-electron chi connectivity index (χ1n) is 8.59. The van der Waals surface area contributed by atoms with E-state index in [4.69, 9.17) is 0 Å². The maximum Gasteiger partial charge on any atom is 0.418 e. The molecule has 0 saturated carbocycles. The molecule has 6 heteroatoms. The van der Waals surface area contributed by atoms with Gasteiger partial charge in [0.1, 0.15) is 0 Å². The number of nitrogens with zero attached hydrogens (tertiary/aromatic N) is 2. The van der Waals surface area contributed by atoms with Gasteiger partial charge >= 0.3 is 6.18 Å². The molecule has 0 aliphatic carbocycles. The van der Waals surface area contributed by atoms with E-state index in [0.717, 1.165) is 17.2 Å². The predicted molar refractivity (Wildman–Crippen MR) is 95.1 cm³/mol. The van der Waals surface area contributed by atoms with Gasteiger partial charge in [0.05, 0.1) is 12.0 Å². The van der Waals surface area contributed by atoms with E-state index in [0.29, 0.717) is 32.6 Å². The largest absolute Gasteiger partial charge is 0.418 e. The van der Waals surface area contributed by atoms with Crippen molar-refractivity contribution in [1.82, 2.24) is 4.90 Å². The number of hydrogen-bond donors (Lipinski definition) is 0. The van der Waals surface area contributed by atoms with Crippen molar-refractivity contribution in [2.75, 3.05) is 31.1 Å². The van der Waals surface area contributed by atoms with Gasteiger partial charge < -0.3 is 9.80 Å². The van der Waals surface area contributed by atoms with Gasteiger partial charge in [0.15, 0.2) is 0 Å². The van der Waals surface area contributed by atoms with Gasteiger partial charge in [-0.25, -0.2) is 0 Å². The first-order chi connectivity index (χ1) is 12.3. The molecule has 2 aromatic carbocycles. The van der Waals surface area contributed by atoms with E-state index in [9.17, 15) is 18.0 Å². The highest BCUT2D eigenvalue weighted by molar-refractivity contribution is 5.79. The van der Waals surface area contributed by atoms with Crippen LogP contribution < -0.4 is 4.90 Å². The predicted octanol–water partition coefficient (Wildman–Crippen LogP) is 3.91. The van der Waals surface area contributed by atoms with Gasteiger partial charge in [-0.3, -0.25) is 4.79 Å². The number of carbonyl (C=O) groups is 1. The third-order valence-corrected chi connectivity index (χ3v) is 4.66. The molecule has 2 aromatic rings. The minimum absolute atomic E-state index is 0.0117. The molecular formula is C20H21F3N2O. The van der Waals surface area contributed by atoms with Crippen LogP contribution in [0, 0.1) is 6.92 Å². The van der Waals surface area contributed by atoms with Crippen LogP contribution in [-0.2, 0) is 17.4 Å². The Kier molecular flexibility index (Phi) is 5.20. The highest BCUT2D eigenvalue weighted by Gasteiger charge is 2.35. The lowest BCUT2D eigenvalue weighted by Crippen LogP contribution is -2.49. The van der Waals surface area contributed by atoms with Crippen LogP contribution in [0.2, 0.25) is 0 Å². The number of amides is 1. The molecule has 0 spiro atoms. The second-order valence-electron chi connectivity index (χ2n) is 6.55. The van der Waals surface area contributed by atoms with Crippen molar-refractivity contribution in [2.24, 2.45) is 0 Å². The standard InChI is InChI=1S/C20H21F3N2O/c1-15-6-8-16(9-7-15)14-19(26)25-12-10-24(11-13-25)18-5-3-2-4-17(18)20(21,22)23/h2-9H,10-14H2,1H3. The molecule has 1 amide bonds. The number of carbonyl (C=O) groups excluding carboxylic acids is 1. The number of para-hydroxylation sites is 1. The van der Waals surface area contributed by atoms with Crippen LogP contribution in [0.4, 0.5) is 18.9 Å². The van der Waals surface area contributed by atoms with E-state index >= 15 is 0 Å². The van der Waals surface area contributed by atoms with Crippen LogP contribution in [0.5, 0.6) is 0 Å². The minimum atomic E-state index is -4.38. The number of anilines is 1. The number of alkyl halides is 3. The second kappa shape index (κ2) is 7.40. The summed E-state index contributed by atoms with van der Waals surface area (Å²) in [6, 6.07) is 13.4. The average Bonchev–Trinajstić information content (AvgIpc) is 2.63. The van der Waals surface area contributed by atoms with Crippen LogP contribution >= 0.6 is 0 Å². The summed E-state index contributed by atoms with van der Waals surface area (Å²) in [7, 11) is 0. The van der Waals surface area contributed by atoms with E-state index in [-0.39, 0.29) is 11.6 Å². The zero-order valence-electron chi connectivity index (χ0n) is 14.6. The Morgan fingerprint density at radius 1 is 0.962 bits per heavy atom. The van der Waals surface area contributed by atoms with Crippen molar-refractivity contribution >= 4 is 11.6 Å². The van der Waals surface area contributed by atoms with Crippen LogP contribution in [-0.4, -0.2) is 37.0 Å². The lowest BCUT2D eigenvalue weighted by atomic mass is 10.1. The average molecular weight is 362 g/mol. The third kappa shape index (κ3) is 4.18. The van der Waals surface area contributed by atoms with Gasteiger partial charge in [-0.05, 0) is 24.6 Å². The maximum atomic E-state index is 13.2. The first kappa shape index (κ1) is 18.3. The molecule has 1 fully saturated rings. The van der Waals surface area contributed by atoms with Gasteiger partial charge in [0, 0.05) is 31.9 Å². The molecule has 1 heterocycles. The Hall–Kier alpha value is -2.50. The Morgan fingerprint density at radius 3 is 2.19 bits per heavy atom. The van der Waals surface area contributed by atoms with Crippen molar-refractivity contribution in [1.29, 1.82) is 0 Å². The van der Waals surface area contributed by atoms with Gasteiger partial charge in [-0.2, -0.15) is 13.2 Å². The fourth-order valence-corrected chi connectivity index (χ4v) is 3.18. The van der Waals surface area contributed by atoms with Crippen molar-refractivity contribution in [3.63, 3.8) is 0 Å². The molecular weight excluding hydrogens is 341 g/mol. The maximum absolute atomic E-state index is 13.2. The topological polar surface area (TPSA) is 23.6 Å². The van der Waals surface area contributed by atoms with E-state index < -0.39 is 11.7 Å². The monoisotopic (exact) mass is 362 g/mol. The Labute approximate surface area is 151 Å². The lowest BCUT2D eigenvalue weighted by Gasteiger charge is -2.37. The van der Waals surface area contributed by atoms with Crippen LogP contribution in [0.25, 0.3) is 0 Å². The Balaban J connectivity index is 1.63. The van der Waals surface area contributed by atoms with Crippen molar-refractivity contribution < 1.29 is 18.0 Å². The number of piperazine rings is 1. The second-order valence-corrected chi connectivity index (χ2v) is 6.55. The number of aryl methyl sites for hydroxylation is 1. The molecule has 0 radical (unpaired) electrons. The molecule has 0 atom stereocenters. The summed E-state index contributed by atoms with van der Waals surface area (Å²) >= 11 is 0. The molecule has 26 heavy (non-hydrogen) atoms. The van der Waals surface area contributed by atoms with Gasteiger partial charge in [0.2, 0.25) is 5.91 Å². The molecule has 138 valence electrons. The molecule has 0 N–H and O–H groups in total. The summed E-state index contributed by atoms with van der Waals surface area (Å²) in [4.78, 5) is 15.9. The number of benzene rings is 2. The Morgan fingerprint density at radius 2 is 1.58 bits per heavy atom. The first-order valence-corrected chi connectivity index (χ1v) is 8.59. The molecule has 0 aromatic heterocycles. The zero-order valence-corrected chi connectivity index (χ0v) is 14.6. The van der Waals surface area contributed by atoms with Crippen LogP contribution in [0.15, 0.2) is 48.5 Å². The molecule has 1 saturated heterocycles. The third-order valence-electron chi connectivity index (χ3n) is 4.66. The van der Waals surface area contributed by atoms with Crippen LogP contribution in [0.3, 0.4) is 0 Å². The molecule has 3 nitrogen and oxygen atoms in total. The molecule has 0 bridgehead atoms. The quantitative estimate of drug-likeness (QED) is 0.827. The fraction of sp³-hybridized carbons (Fsp3) is 0.350. The normalized spacial score (nSPS) is 15.2. The fourth-order valence-electron chi connectivity index (χ4n) is 3.18. The summed E-state index contributed by atoms with van der Waals surface area (Å²) in [5.74, 6) is 0.0117. The molecule has 3 rings (SSSR count). The van der Waals surface area contributed by atoms with Gasteiger partial charge in [-0.15, -0.1) is 0 Å².